The number of nitrogens with one attached hydrogen (secondary N) is 2. The summed E-state index contributed by atoms with van der Waals surface area (Å²) in [6.45, 7) is 0. The average molecular weight is 436 g/mol. The van der Waals surface area contributed by atoms with Crippen molar-refractivity contribution in [3.05, 3.63) is 72.4 Å². The first-order valence-corrected chi connectivity index (χ1v) is 10.2. The molecule has 0 spiro atoms. The van der Waals surface area contributed by atoms with Crippen molar-refractivity contribution in [2.75, 3.05) is 18.2 Å². The highest BCUT2D eigenvalue weighted by atomic mass is 32.2. The summed E-state index contributed by atoms with van der Waals surface area (Å²) in [7, 11) is 1.30. The van der Waals surface area contributed by atoms with Gasteiger partial charge in [-0.2, -0.15) is 0 Å². The minimum atomic E-state index is -0.477. The number of amides is 1. The van der Waals surface area contributed by atoms with Crippen LogP contribution in [0.15, 0.2) is 66.1 Å². The Morgan fingerprint density at radius 3 is 2.81 bits per heavy atom. The highest BCUT2D eigenvalue weighted by Gasteiger charge is 2.14. The minimum Gasteiger partial charge on any atom is -0.465 e. The molecule has 0 aliphatic carbocycles. The SMILES string of the molecule is COC(=O)c1cccc(NC(=O)CSc2ncnc3c(-c4cccc(F)c4)c[nH]c23)c1. The van der Waals surface area contributed by atoms with E-state index >= 15 is 0 Å². The van der Waals surface area contributed by atoms with E-state index in [0.717, 1.165) is 5.56 Å². The molecule has 2 heterocycles. The largest absolute Gasteiger partial charge is 0.465 e. The second-order valence-electron chi connectivity index (χ2n) is 6.52. The second kappa shape index (κ2) is 8.97. The summed E-state index contributed by atoms with van der Waals surface area (Å²) < 4.78 is 18.3. The highest BCUT2D eigenvalue weighted by molar-refractivity contribution is 8.00. The van der Waals surface area contributed by atoms with Crippen LogP contribution in [0, 0.1) is 5.82 Å². The topological polar surface area (TPSA) is 97.0 Å². The number of aromatic amines is 1. The number of benzene rings is 2. The number of hydrogen-bond acceptors (Lipinski definition) is 6. The zero-order chi connectivity index (χ0) is 21.8. The lowest BCUT2D eigenvalue weighted by Gasteiger charge is -2.07. The van der Waals surface area contributed by atoms with E-state index in [1.165, 1.54) is 37.3 Å². The van der Waals surface area contributed by atoms with Crippen LogP contribution >= 0.6 is 11.8 Å². The number of methoxy groups -OCH3 is 1. The van der Waals surface area contributed by atoms with Crippen molar-refractivity contribution in [2.45, 2.75) is 5.03 Å². The van der Waals surface area contributed by atoms with E-state index in [0.29, 0.717) is 32.9 Å². The summed E-state index contributed by atoms with van der Waals surface area (Å²) >= 11 is 1.24. The lowest BCUT2D eigenvalue weighted by atomic mass is 10.1. The molecule has 2 aromatic heterocycles. The van der Waals surface area contributed by atoms with Crippen LogP contribution in [0.4, 0.5) is 10.1 Å². The molecule has 156 valence electrons. The number of hydrogen-bond donors (Lipinski definition) is 2. The lowest BCUT2D eigenvalue weighted by Crippen LogP contribution is -2.14. The molecule has 0 bridgehead atoms. The number of rotatable bonds is 6. The number of halogens is 1. The van der Waals surface area contributed by atoms with E-state index in [9.17, 15) is 14.0 Å². The number of thioether (sulfide) groups is 1. The van der Waals surface area contributed by atoms with Crippen LogP contribution in [0.2, 0.25) is 0 Å². The molecule has 0 unspecified atom stereocenters. The predicted octanol–water partition coefficient (Wildman–Crippen LogP) is 4.28. The number of nitrogens with zero attached hydrogens (tertiary/aromatic N) is 2. The summed E-state index contributed by atoms with van der Waals surface area (Å²) in [5.74, 6) is -0.961. The summed E-state index contributed by atoms with van der Waals surface area (Å²) in [6.07, 6.45) is 3.16. The first-order valence-electron chi connectivity index (χ1n) is 9.24. The number of fused-ring (bicyclic) bond motifs is 1. The Balaban J connectivity index is 1.48. The van der Waals surface area contributed by atoms with Gasteiger partial charge in [0.1, 0.15) is 22.7 Å². The molecule has 0 saturated heterocycles. The fraction of sp³-hybridized carbons (Fsp3) is 0.0909. The third-order valence-electron chi connectivity index (χ3n) is 4.47. The zero-order valence-electron chi connectivity index (χ0n) is 16.4. The van der Waals surface area contributed by atoms with Crippen LogP contribution in [0.1, 0.15) is 10.4 Å². The van der Waals surface area contributed by atoms with Crippen molar-refractivity contribution >= 4 is 40.4 Å². The van der Waals surface area contributed by atoms with Gasteiger partial charge >= 0.3 is 5.97 Å². The molecule has 4 rings (SSSR count). The van der Waals surface area contributed by atoms with Gasteiger partial charge in [0.05, 0.1) is 23.9 Å². The van der Waals surface area contributed by atoms with Gasteiger partial charge in [-0.1, -0.05) is 30.0 Å². The maximum Gasteiger partial charge on any atom is 0.337 e. The van der Waals surface area contributed by atoms with E-state index < -0.39 is 5.97 Å². The van der Waals surface area contributed by atoms with Gasteiger partial charge in [-0.05, 0) is 35.9 Å². The van der Waals surface area contributed by atoms with Gasteiger partial charge in [0, 0.05) is 17.4 Å². The van der Waals surface area contributed by atoms with Crippen molar-refractivity contribution in [2.24, 2.45) is 0 Å². The van der Waals surface area contributed by atoms with Crippen molar-refractivity contribution in [1.82, 2.24) is 15.0 Å². The Hall–Kier alpha value is -3.72. The summed E-state index contributed by atoms with van der Waals surface area (Å²) in [5, 5.41) is 3.36. The molecule has 31 heavy (non-hydrogen) atoms. The standard InChI is InChI=1S/C22H17FN4O3S/c1-30-22(29)14-5-3-7-16(9-14)27-18(28)11-31-21-20-19(25-12-26-21)17(10-24-20)13-4-2-6-15(23)8-13/h2-10,12,24H,11H2,1H3,(H,27,28). The van der Waals surface area contributed by atoms with Gasteiger partial charge in [-0.3, -0.25) is 4.79 Å². The van der Waals surface area contributed by atoms with Crippen molar-refractivity contribution in [3.63, 3.8) is 0 Å². The van der Waals surface area contributed by atoms with Gasteiger partial charge in [0.2, 0.25) is 5.91 Å². The highest BCUT2D eigenvalue weighted by Crippen LogP contribution is 2.31. The van der Waals surface area contributed by atoms with E-state index in [1.807, 2.05) is 0 Å². The molecule has 0 aliphatic rings. The fourth-order valence-corrected chi connectivity index (χ4v) is 3.84. The van der Waals surface area contributed by atoms with E-state index in [2.05, 4.69) is 25.0 Å². The van der Waals surface area contributed by atoms with Crippen molar-refractivity contribution < 1.29 is 18.7 Å². The van der Waals surface area contributed by atoms with Crippen LogP contribution in [-0.4, -0.2) is 39.7 Å². The number of carbonyl (C=O) groups excluding carboxylic acids is 2. The first kappa shape index (κ1) is 20.5. The molecule has 2 N–H and O–H groups in total. The maximum absolute atomic E-state index is 13.6. The molecule has 0 radical (unpaired) electrons. The zero-order valence-corrected chi connectivity index (χ0v) is 17.2. The monoisotopic (exact) mass is 436 g/mol. The first-order chi connectivity index (χ1) is 15.0. The summed E-state index contributed by atoms with van der Waals surface area (Å²) in [5.41, 5.74) is 3.62. The number of aromatic nitrogens is 3. The Morgan fingerprint density at radius 1 is 1.16 bits per heavy atom. The van der Waals surface area contributed by atoms with Gasteiger partial charge in [0.25, 0.3) is 0 Å². The summed E-state index contributed by atoms with van der Waals surface area (Å²) in [6, 6.07) is 12.8. The van der Waals surface area contributed by atoms with Gasteiger partial charge in [-0.25, -0.2) is 19.2 Å². The number of carbonyl (C=O) groups is 2. The van der Waals surface area contributed by atoms with E-state index in [4.69, 9.17) is 0 Å². The molecule has 7 nitrogen and oxygen atoms in total. The van der Waals surface area contributed by atoms with Crippen molar-refractivity contribution in [1.29, 1.82) is 0 Å². The third kappa shape index (κ3) is 4.56. The smallest absolute Gasteiger partial charge is 0.337 e. The van der Waals surface area contributed by atoms with Crippen LogP contribution < -0.4 is 5.32 Å². The van der Waals surface area contributed by atoms with Gasteiger partial charge in [0.15, 0.2) is 0 Å². The minimum absolute atomic E-state index is 0.100. The second-order valence-corrected chi connectivity index (χ2v) is 7.49. The Bertz CT molecular complexity index is 1270. The quantitative estimate of drug-likeness (QED) is 0.266. The molecular formula is C22H17FN4O3S. The molecule has 0 saturated carbocycles. The van der Waals surface area contributed by atoms with Crippen LogP contribution in [-0.2, 0) is 9.53 Å². The number of H-pyrrole nitrogens is 1. The normalized spacial score (nSPS) is 10.8. The molecular weight excluding hydrogens is 419 g/mol. The average Bonchev–Trinajstić information content (AvgIpc) is 3.22. The van der Waals surface area contributed by atoms with Crippen LogP contribution in [0.5, 0.6) is 0 Å². The van der Waals surface area contributed by atoms with Gasteiger partial charge in [-0.15, -0.1) is 0 Å². The molecule has 0 fully saturated rings. The maximum atomic E-state index is 13.6. The van der Waals surface area contributed by atoms with E-state index in [1.54, 1.807) is 42.6 Å². The summed E-state index contributed by atoms with van der Waals surface area (Å²) in [4.78, 5) is 35.7. The Labute approximate surface area is 181 Å². The predicted molar refractivity (Wildman–Crippen MR) is 116 cm³/mol. The fourth-order valence-electron chi connectivity index (χ4n) is 3.07. The number of esters is 1. The molecule has 0 atom stereocenters. The molecule has 9 heteroatoms. The van der Waals surface area contributed by atoms with Crippen LogP contribution in [0.25, 0.3) is 22.2 Å². The molecule has 2 aromatic carbocycles. The third-order valence-corrected chi connectivity index (χ3v) is 5.46. The number of anilines is 1. The Kier molecular flexibility index (Phi) is 5.94. The van der Waals surface area contributed by atoms with Crippen LogP contribution in [0.3, 0.4) is 0 Å². The molecule has 0 aliphatic heterocycles. The van der Waals surface area contributed by atoms with E-state index in [-0.39, 0.29) is 17.5 Å². The molecule has 4 aromatic rings. The lowest BCUT2D eigenvalue weighted by molar-refractivity contribution is -0.113. The van der Waals surface area contributed by atoms with Crippen molar-refractivity contribution in [3.8, 4) is 11.1 Å². The molecule has 1 amide bonds. The van der Waals surface area contributed by atoms with Gasteiger partial charge < -0.3 is 15.0 Å². The number of ether oxygens (including phenoxy) is 1. The Morgan fingerprint density at radius 2 is 2.00 bits per heavy atom.